The van der Waals surface area contributed by atoms with Gasteiger partial charge in [0.15, 0.2) is 0 Å². The number of pyridine rings is 1. The highest BCUT2D eigenvalue weighted by molar-refractivity contribution is 6.31. The molecule has 1 aromatic carbocycles. The van der Waals surface area contributed by atoms with Gasteiger partial charge in [0.25, 0.3) is 0 Å². The highest BCUT2D eigenvalue weighted by Crippen LogP contribution is 2.26. The molecule has 1 N–H and O–H groups in total. The van der Waals surface area contributed by atoms with Gasteiger partial charge in [-0.15, -0.1) is 0 Å². The van der Waals surface area contributed by atoms with Gasteiger partial charge in [-0.2, -0.15) is 0 Å². The Morgan fingerprint density at radius 1 is 1.35 bits per heavy atom. The smallest absolute Gasteiger partial charge is 0.123 e. The molecule has 0 aliphatic heterocycles. The fourth-order valence-electron chi connectivity index (χ4n) is 2.29. The molecule has 1 aromatic heterocycles. The molecule has 0 aliphatic carbocycles. The van der Waals surface area contributed by atoms with Crippen LogP contribution in [0.2, 0.25) is 5.02 Å². The molecule has 0 aliphatic rings. The van der Waals surface area contributed by atoms with Crippen LogP contribution in [0.1, 0.15) is 29.7 Å². The van der Waals surface area contributed by atoms with E-state index in [0.29, 0.717) is 11.4 Å². The largest absolute Gasteiger partial charge is 0.310 e. The number of hydrogen-bond acceptors (Lipinski definition) is 2. The maximum atomic E-state index is 13.4. The number of hydrogen-bond donors (Lipinski definition) is 1. The standard InChI is InChI=1S/C16H18ClFN2/c1-3-20-16(14-6-7-19-10-15(14)17)9-12-8-13(18)5-4-11(12)2/h4-8,10,16,20H,3,9H2,1-2H3. The number of benzene rings is 1. The van der Waals surface area contributed by atoms with Crippen molar-refractivity contribution in [1.29, 1.82) is 0 Å². The van der Waals surface area contributed by atoms with Gasteiger partial charge >= 0.3 is 0 Å². The van der Waals surface area contributed by atoms with Crippen molar-refractivity contribution in [3.8, 4) is 0 Å². The quantitative estimate of drug-likeness (QED) is 0.898. The molecule has 0 saturated carbocycles. The van der Waals surface area contributed by atoms with Gasteiger partial charge in [-0.05, 0) is 54.8 Å². The van der Waals surface area contributed by atoms with Crippen LogP contribution in [0.25, 0.3) is 0 Å². The summed E-state index contributed by atoms with van der Waals surface area (Å²) < 4.78 is 13.4. The average Bonchev–Trinajstić information content (AvgIpc) is 2.43. The minimum atomic E-state index is -0.207. The summed E-state index contributed by atoms with van der Waals surface area (Å²) in [5, 5.41) is 4.03. The molecule has 2 rings (SSSR count). The lowest BCUT2D eigenvalue weighted by Gasteiger charge is -2.20. The maximum Gasteiger partial charge on any atom is 0.123 e. The summed E-state index contributed by atoms with van der Waals surface area (Å²) in [5.41, 5.74) is 3.07. The molecule has 0 radical (unpaired) electrons. The SMILES string of the molecule is CCNC(Cc1cc(F)ccc1C)c1ccncc1Cl. The van der Waals surface area contributed by atoms with E-state index in [4.69, 9.17) is 11.6 Å². The van der Waals surface area contributed by atoms with E-state index in [9.17, 15) is 4.39 Å². The second-order valence-corrected chi connectivity index (χ2v) is 5.19. The van der Waals surface area contributed by atoms with E-state index in [1.54, 1.807) is 18.5 Å². The number of nitrogens with zero attached hydrogens (tertiary/aromatic N) is 1. The van der Waals surface area contributed by atoms with Gasteiger partial charge < -0.3 is 5.32 Å². The molecule has 0 spiro atoms. The second kappa shape index (κ2) is 6.82. The van der Waals surface area contributed by atoms with Crippen molar-refractivity contribution in [2.24, 2.45) is 0 Å². The van der Waals surface area contributed by atoms with Crippen molar-refractivity contribution in [2.75, 3.05) is 6.54 Å². The molecule has 0 amide bonds. The topological polar surface area (TPSA) is 24.9 Å². The lowest BCUT2D eigenvalue weighted by Crippen LogP contribution is -2.23. The zero-order valence-corrected chi connectivity index (χ0v) is 12.4. The fourth-order valence-corrected chi connectivity index (χ4v) is 2.54. The summed E-state index contributed by atoms with van der Waals surface area (Å²) in [6, 6.07) is 6.84. The number of rotatable bonds is 5. The van der Waals surface area contributed by atoms with Crippen LogP contribution in [0.4, 0.5) is 4.39 Å². The van der Waals surface area contributed by atoms with E-state index >= 15 is 0 Å². The molecular weight excluding hydrogens is 275 g/mol. The highest BCUT2D eigenvalue weighted by atomic mass is 35.5. The van der Waals surface area contributed by atoms with Crippen molar-refractivity contribution in [3.05, 3.63) is 64.2 Å². The molecule has 2 aromatic rings. The number of halogens is 2. The Morgan fingerprint density at radius 3 is 2.85 bits per heavy atom. The van der Waals surface area contributed by atoms with Gasteiger partial charge in [0, 0.05) is 18.4 Å². The second-order valence-electron chi connectivity index (χ2n) is 4.78. The van der Waals surface area contributed by atoms with Crippen molar-refractivity contribution in [3.63, 3.8) is 0 Å². The predicted molar refractivity (Wildman–Crippen MR) is 80.5 cm³/mol. The van der Waals surface area contributed by atoms with E-state index in [0.717, 1.165) is 23.2 Å². The van der Waals surface area contributed by atoms with Crippen LogP contribution in [-0.2, 0) is 6.42 Å². The number of nitrogens with one attached hydrogen (secondary N) is 1. The molecule has 4 heteroatoms. The number of aromatic nitrogens is 1. The van der Waals surface area contributed by atoms with Gasteiger partial charge in [0.2, 0.25) is 0 Å². The zero-order chi connectivity index (χ0) is 14.5. The monoisotopic (exact) mass is 292 g/mol. The van der Waals surface area contributed by atoms with E-state index in [2.05, 4.69) is 10.3 Å². The van der Waals surface area contributed by atoms with Crippen molar-refractivity contribution in [2.45, 2.75) is 26.3 Å². The average molecular weight is 293 g/mol. The van der Waals surface area contributed by atoms with Gasteiger partial charge in [-0.3, -0.25) is 4.98 Å². The minimum Gasteiger partial charge on any atom is -0.310 e. The third kappa shape index (κ3) is 3.56. The normalized spacial score (nSPS) is 12.4. The molecule has 0 saturated heterocycles. The molecular formula is C16H18ClFN2. The van der Waals surface area contributed by atoms with Gasteiger partial charge in [-0.1, -0.05) is 24.6 Å². The van der Waals surface area contributed by atoms with Crippen LogP contribution in [-0.4, -0.2) is 11.5 Å². The Kier molecular flexibility index (Phi) is 5.10. The first-order valence-electron chi connectivity index (χ1n) is 6.69. The van der Waals surface area contributed by atoms with Crippen LogP contribution in [0.5, 0.6) is 0 Å². The van der Waals surface area contributed by atoms with Gasteiger partial charge in [0.05, 0.1) is 5.02 Å². The van der Waals surface area contributed by atoms with Gasteiger partial charge in [-0.25, -0.2) is 4.39 Å². The summed E-state index contributed by atoms with van der Waals surface area (Å²) in [6.45, 7) is 4.85. The highest BCUT2D eigenvalue weighted by Gasteiger charge is 2.15. The third-order valence-electron chi connectivity index (χ3n) is 3.36. The van der Waals surface area contributed by atoms with Crippen molar-refractivity contribution >= 4 is 11.6 Å². The summed E-state index contributed by atoms with van der Waals surface area (Å²) in [6.07, 6.45) is 4.06. The van der Waals surface area contributed by atoms with E-state index in [-0.39, 0.29) is 11.9 Å². The van der Waals surface area contributed by atoms with Crippen LogP contribution < -0.4 is 5.32 Å². The molecule has 20 heavy (non-hydrogen) atoms. The lowest BCUT2D eigenvalue weighted by molar-refractivity contribution is 0.545. The Morgan fingerprint density at radius 2 is 2.15 bits per heavy atom. The third-order valence-corrected chi connectivity index (χ3v) is 3.68. The number of aryl methyl sites for hydroxylation is 1. The fraction of sp³-hybridized carbons (Fsp3) is 0.312. The molecule has 1 heterocycles. The molecule has 0 bridgehead atoms. The first kappa shape index (κ1) is 14.9. The first-order valence-corrected chi connectivity index (χ1v) is 7.07. The van der Waals surface area contributed by atoms with E-state index in [1.165, 1.54) is 6.07 Å². The van der Waals surface area contributed by atoms with Crippen LogP contribution in [0.3, 0.4) is 0 Å². The van der Waals surface area contributed by atoms with Gasteiger partial charge in [0.1, 0.15) is 5.82 Å². The number of likely N-dealkylation sites (N-methyl/N-ethyl adjacent to an activating group) is 1. The molecule has 1 atom stereocenters. The summed E-state index contributed by atoms with van der Waals surface area (Å²) >= 11 is 6.22. The zero-order valence-electron chi connectivity index (χ0n) is 11.7. The molecule has 106 valence electrons. The molecule has 0 fully saturated rings. The van der Waals surface area contributed by atoms with Crippen LogP contribution in [0, 0.1) is 12.7 Å². The Labute approximate surface area is 124 Å². The van der Waals surface area contributed by atoms with E-state index in [1.807, 2.05) is 26.0 Å². The maximum absolute atomic E-state index is 13.4. The Bertz CT molecular complexity index is 586. The van der Waals surface area contributed by atoms with E-state index < -0.39 is 0 Å². The summed E-state index contributed by atoms with van der Waals surface area (Å²) in [7, 11) is 0. The van der Waals surface area contributed by atoms with Crippen LogP contribution >= 0.6 is 11.6 Å². The van der Waals surface area contributed by atoms with Crippen molar-refractivity contribution in [1.82, 2.24) is 10.3 Å². The van der Waals surface area contributed by atoms with Crippen LogP contribution in [0.15, 0.2) is 36.7 Å². The van der Waals surface area contributed by atoms with Crippen molar-refractivity contribution < 1.29 is 4.39 Å². The summed E-state index contributed by atoms with van der Waals surface area (Å²) in [5.74, 6) is -0.207. The minimum absolute atomic E-state index is 0.0519. The first-order chi connectivity index (χ1) is 9.61. The lowest BCUT2D eigenvalue weighted by atomic mass is 9.96. The molecule has 2 nitrogen and oxygen atoms in total. The predicted octanol–water partition coefficient (Wildman–Crippen LogP) is 4.08. The molecule has 1 unspecified atom stereocenters. The Hall–Kier alpha value is -1.45. The summed E-state index contributed by atoms with van der Waals surface area (Å²) in [4.78, 5) is 4.01. The Balaban J connectivity index is 2.30.